The molecule has 1 aliphatic carbocycles. The first-order chi connectivity index (χ1) is 7.75. The second kappa shape index (κ2) is 5.30. The predicted octanol–water partition coefficient (Wildman–Crippen LogP) is 3.49. The van der Waals surface area contributed by atoms with Gasteiger partial charge in [0.15, 0.2) is 0 Å². The third-order valence-corrected chi connectivity index (χ3v) is 4.03. The Kier molecular flexibility index (Phi) is 3.78. The van der Waals surface area contributed by atoms with Gasteiger partial charge in [-0.1, -0.05) is 18.1 Å². The van der Waals surface area contributed by atoms with Crippen molar-refractivity contribution in [3.63, 3.8) is 0 Å². The Bertz CT molecular complexity index is 379. The summed E-state index contributed by atoms with van der Waals surface area (Å²) in [6.07, 6.45) is 6.90. The molecule has 2 nitrogen and oxygen atoms in total. The van der Waals surface area contributed by atoms with Gasteiger partial charge in [0, 0.05) is 11.0 Å². The van der Waals surface area contributed by atoms with E-state index in [2.05, 4.69) is 17.5 Å². The van der Waals surface area contributed by atoms with Crippen molar-refractivity contribution >= 4 is 17.3 Å². The Morgan fingerprint density at radius 1 is 1.56 bits per heavy atom. The molecule has 0 bridgehead atoms. The summed E-state index contributed by atoms with van der Waals surface area (Å²) in [5.74, 6) is -0.350. The zero-order valence-corrected chi connectivity index (χ0v) is 10.0. The van der Waals surface area contributed by atoms with E-state index < -0.39 is 5.97 Å². The van der Waals surface area contributed by atoms with Crippen molar-refractivity contribution in [3.8, 4) is 0 Å². The molecule has 2 rings (SSSR count). The zero-order valence-electron chi connectivity index (χ0n) is 9.19. The maximum absolute atomic E-state index is 10.7. The van der Waals surface area contributed by atoms with Gasteiger partial charge in [-0.05, 0) is 43.0 Å². The van der Waals surface area contributed by atoms with Crippen molar-refractivity contribution in [2.24, 2.45) is 5.92 Å². The van der Waals surface area contributed by atoms with Crippen LogP contribution in [0.2, 0.25) is 0 Å². The SMILES string of the molecule is O=C(O)/C=C1\CCCCC1Cc1cccs1. The maximum Gasteiger partial charge on any atom is 0.328 e. The maximum atomic E-state index is 10.7. The van der Waals surface area contributed by atoms with Gasteiger partial charge in [0.05, 0.1) is 0 Å². The van der Waals surface area contributed by atoms with E-state index >= 15 is 0 Å². The number of rotatable bonds is 3. The molecule has 1 aromatic heterocycles. The number of carbonyl (C=O) groups is 1. The highest BCUT2D eigenvalue weighted by atomic mass is 32.1. The van der Waals surface area contributed by atoms with Crippen LogP contribution in [-0.2, 0) is 11.2 Å². The van der Waals surface area contributed by atoms with Crippen LogP contribution in [0, 0.1) is 5.92 Å². The lowest BCUT2D eigenvalue weighted by atomic mass is 9.81. The van der Waals surface area contributed by atoms with Crippen LogP contribution < -0.4 is 0 Å². The fraction of sp³-hybridized carbons (Fsp3) is 0.462. The van der Waals surface area contributed by atoms with Gasteiger partial charge in [-0.3, -0.25) is 0 Å². The summed E-state index contributed by atoms with van der Waals surface area (Å²) in [7, 11) is 0. The Balaban J connectivity index is 2.08. The summed E-state index contributed by atoms with van der Waals surface area (Å²) in [5, 5.41) is 10.9. The van der Waals surface area contributed by atoms with Gasteiger partial charge in [-0.15, -0.1) is 11.3 Å². The summed E-state index contributed by atoms with van der Waals surface area (Å²) < 4.78 is 0. The molecule has 1 saturated carbocycles. The number of thiophene rings is 1. The number of allylic oxidation sites excluding steroid dienone is 1. The molecule has 1 aromatic rings. The van der Waals surface area contributed by atoms with Crippen LogP contribution in [0.1, 0.15) is 30.6 Å². The van der Waals surface area contributed by atoms with E-state index in [0.29, 0.717) is 5.92 Å². The molecule has 16 heavy (non-hydrogen) atoms. The highest BCUT2D eigenvalue weighted by Crippen LogP contribution is 2.32. The lowest BCUT2D eigenvalue weighted by molar-refractivity contribution is -0.131. The second-order valence-electron chi connectivity index (χ2n) is 4.28. The van der Waals surface area contributed by atoms with Gasteiger partial charge < -0.3 is 5.11 Å². The topological polar surface area (TPSA) is 37.3 Å². The largest absolute Gasteiger partial charge is 0.478 e. The molecule has 1 N–H and O–H groups in total. The van der Waals surface area contributed by atoms with E-state index in [9.17, 15) is 4.79 Å². The summed E-state index contributed by atoms with van der Waals surface area (Å²) in [5.41, 5.74) is 1.13. The van der Waals surface area contributed by atoms with Crippen LogP contribution in [0.15, 0.2) is 29.2 Å². The third-order valence-electron chi connectivity index (χ3n) is 3.13. The van der Waals surface area contributed by atoms with Crippen LogP contribution in [0.5, 0.6) is 0 Å². The molecule has 1 heterocycles. The summed E-state index contributed by atoms with van der Waals surface area (Å²) in [6, 6.07) is 4.20. The van der Waals surface area contributed by atoms with Crippen molar-refractivity contribution in [1.29, 1.82) is 0 Å². The predicted molar refractivity (Wildman–Crippen MR) is 65.7 cm³/mol. The molecule has 0 aliphatic heterocycles. The molecule has 1 aliphatic rings. The molecular weight excluding hydrogens is 220 g/mol. The van der Waals surface area contributed by atoms with Gasteiger partial charge >= 0.3 is 5.97 Å². The van der Waals surface area contributed by atoms with E-state index in [-0.39, 0.29) is 0 Å². The molecule has 1 unspecified atom stereocenters. The Morgan fingerprint density at radius 2 is 2.44 bits per heavy atom. The molecule has 0 aromatic carbocycles. The van der Waals surface area contributed by atoms with Crippen molar-refractivity contribution in [3.05, 3.63) is 34.0 Å². The van der Waals surface area contributed by atoms with Crippen molar-refractivity contribution in [2.45, 2.75) is 32.1 Å². The fourth-order valence-corrected chi connectivity index (χ4v) is 3.15. The highest BCUT2D eigenvalue weighted by molar-refractivity contribution is 7.09. The van der Waals surface area contributed by atoms with Crippen molar-refractivity contribution in [2.75, 3.05) is 0 Å². The lowest BCUT2D eigenvalue weighted by Crippen LogP contribution is -2.13. The fourth-order valence-electron chi connectivity index (χ4n) is 2.36. The van der Waals surface area contributed by atoms with E-state index in [4.69, 9.17) is 5.11 Å². The number of hydrogen-bond acceptors (Lipinski definition) is 2. The first-order valence-corrected chi connectivity index (χ1v) is 6.59. The minimum Gasteiger partial charge on any atom is -0.478 e. The molecule has 0 spiro atoms. The number of aliphatic carboxylic acids is 1. The molecule has 1 atom stereocenters. The minimum absolute atomic E-state index is 0.448. The summed E-state index contributed by atoms with van der Waals surface area (Å²) in [6.45, 7) is 0. The molecule has 3 heteroatoms. The highest BCUT2D eigenvalue weighted by Gasteiger charge is 2.20. The van der Waals surface area contributed by atoms with Crippen LogP contribution in [-0.4, -0.2) is 11.1 Å². The van der Waals surface area contributed by atoms with Crippen LogP contribution in [0.3, 0.4) is 0 Å². The smallest absolute Gasteiger partial charge is 0.328 e. The second-order valence-corrected chi connectivity index (χ2v) is 5.32. The molecule has 0 saturated heterocycles. The average Bonchev–Trinajstić information content (AvgIpc) is 2.73. The number of hydrogen-bond donors (Lipinski definition) is 1. The van der Waals surface area contributed by atoms with E-state index in [1.165, 1.54) is 17.4 Å². The summed E-state index contributed by atoms with van der Waals surface area (Å²) in [4.78, 5) is 12.1. The zero-order chi connectivity index (χ0) is 11.4. The average molecular weight is 236 g/mol. The minimum atomic E-state index is -0.798. The monoisotopic (exact) mass is 236 g/mol. The van der Waals surface area contributed by atoms with Gasteiger partial charge in [0.2, 0.25) is 0 Å². The van der Waals surface area contributed by atoms with Gasteiger partial charge in [0.1, 0.15) is 0 Å². The summed E-state index contributed by atoms with van der Waals surface area (Å²) >= 11 is 1.76. The third kappa shape index (κ3) is 2.95. The number of carboxylic acids is 1. The van der Waals surface area contributed by atoms with E-state index in [1.807, 2.05) is 0 Å². The first-order valence-electron chi connectivity index (χ1n) is 5.71. The van der Waals surface area contributed by atoms with Gasteiger partial charge in [-0.25, -0.2) is 4.79 Å². The molecule has 86 valence electrons. The van der Waals surface area contributed by atoms with Crippen molar-refractivity contribution < 1.29 is 9.90 Å². The van der Waals surface area contributed by atoms with Gasteiger partial charge in [-0.2, -0.15) is 0 Å². The Labute approximate surface area is 99.6 Å². The van der Waals surface area contributed by atoms with Crippen LogP contribution in [0.4, 0.5) is 0 Å². The lowest BCUT2D eigenvalue weighted by Gasteiger charge is -2.24. The normalized spacial score (nSPS) is 23.5. The molecular formula is C13H16O2S. The van der Waals surface area contributed by atoms with Crippen LogP contribution in [0.25, 0.3) is 0 Å². The molecule has 0 amide bonds. The first kappa shape index (κ1) is 11.4. The van der Waals surface area contributed by atoms with Gasteiger partial charge in [0.25, 0.3) is 0 Å². The Hall–Kier alpha value is -1.09. The Morgan fingerprint density at radius 3 is 3.12 bits per heavy atom. The quantitative estimate of drug-likeness (QED) is 0.816. The molecule has 1 fully saturated rings. The molecule has 0 radical (unpaired) electrons. The van der Waals surface area contributed by atoms with E-state index in [0.717, 1.165) is 31.3 Å². The van der Waals surface area contributed by atoms with E-state index in [1.54, 1.807) is 11.3 Å². The number of carboxylic acid groups (broad SMARTS) is 1. The standard InChI is InChI=1S/C13H16O2S/c14-13(15)9-11-5-2-1-4-10(11)8-12-6-3-7-16-12/h3,6-7,9-10H,1-2,4-5,8H2,(H,14,15)/b11-9+. The van der Waals surface area contributed by atoms with Crippen LogP contribution >= 0.6 is 11.3 Å². The van der Waals surface area contributed by atoms with Crippen molar-refractivity contribution in [1.82, 2.24) is 0 Å².